The molecule has 0 saturated carbocycles. The number of imidazole rings is 1. The minimum Gasteiger partial charge on any atom is -0.330 e. The van der Waals surface area contributed by atoms with Gasteiger partial charge in [0.1, 0.15) is 10.3 Å². The quantitative estimate of drug-likeness (QED) is 0.721. The zero-order valence-electron chi connectivity index (χ0n) is 11.7. The molecule has 3 aromatic rings. The van der Waals surface area contributed by atoms with Crippen molar-refractivity contribution in [2.24, 2.45) is 5.73 Å². The zero-order valence-corrected chi connectivity index (χ0v) is 14.1. The van der Waals surface area contributed by atoms with Crippen LogP contribution in [0.3, 0.4) is 0 Å². The van der Waals surface area contributed by atoms with Crippen molar-refractivity contribution in [3.05, 3.63) is 38.8 Å². The zero-order chi connectivity index (χ0) is 15.7. The molecular weight excluding hydrogens is 368 g/mol. The fourth-order valence-corrected chi connectivity index (χ4v) is 3.27. The second-order valence-electron chi connectivity index (χ2n) is 4.61. The second-order valence-corrected chi connectivity index (χ2v) is 6.71. The Morgan fingerprint density at radius 2 is 2.27 bits per heavy atom. The van der Waals surface area contributed by atoms with Crippen LogP contribution in [0, 0.1) is 6.92 Å². The first-order valence-corrected chi connectivity index (χ1v) is 8.15. The van der Waals surface area contributed by atoms with Gasteiger partial charge in [0.2, 0.25) is 0 Å². The van der Waals surface area contributed by atoms with Gasteiger partial charge >= 0.3 is 0 Å². The Labute approximate surface area is 138 Å². The number of hydrogen-bond donors (Lipinski definition) is 2. The highest BCUT2D eigenvalue weighted by atomic mass is 79.9. The van der Waals surface area contributed by atoms with Crippen molar-refractivity contribution >= 4 is 44.6 Å². The van der Waals surface area contributed by atoms with Crippen molar-refractivity contribution in [1.29, 1.82) is 0 Å². The lowest BCUT2D eigenvalue weighted by atomic mass is 10.3. The Kier molecular flexibility index (Phi) is 4.19. The first-order chi connectivity index (χ1) is 10.6. The molecule has 0 saturated heterocycles. The highest BCUT2D eigenvalue weighted by Crippen LogP contribution is 2.19. The SMILES string of the molecule is Cc1sc(CCN)nc1C(=O)Nc1cn2cc(Br)ncc2n1. The number of anilines is 1. The number of thiazole rings is 1. The molecule has 22 heavy (non-hydrogen) atoms. The summed E-state index contributed by atoms with van der Waals surface area (Å²) in [6, 6.07) is 0. The smallest absolute Gasteiger partial charge is 0.276 e. The van der Waals surface area contributed by atoms with Crippen LogP contribution in [-0.2, 0) is 6.42 Å². The van der Waals surface area contributed by atoms with Gasteiger partial charge in [-0.05, 0) is 29.4 Å². The molecule has 0 aliphatic rings. The average molecular weight is 381 g/mol. The van der Waals surface area contributed by atoms with Gasteiger partial charge in [0.05, 0.1) is 17.4 Å². The molecule has 114 valence electrons. The van der Waals surface area contributed by atoms with Gasteiger partial charge in [-0.2, -0.15) is 0 Å². The number of rotatable bonds is 4. The maximum Gasteiger partial charge on any atom is 0.276 e. The standard InChI is InChI=1S/C13H13BrN6OS/c1-7-12(19-11(22-7)2-3-15)13(21)18-9-6-20-5-8(14)16-4-10(20)17-9/h4-6H,2-3,15H2,1H3,(H,18,21). The first-order valence-electron chi connectivity index (χ1n) is 6.55. The van der Waals surface area contributed by atoms with Crippen LogP contribution in [0.25, 0.3) is 5.65 Å². The number of aryl methyl sites for hydroxylation is 1. The van der Waals surface area contributed by atoms with Gasteiger partial charge < -0.3 is 15.5 Å². The number of amides is 1. The lowest BCUT2D eigenvalue weighted by Crippen LogP contribution is -2.14. The number of hydrogen-bond acceptors (Lipinski definition) is 6. The summed E-state index contributed by atoms with van der Waals surface area (Å²) in [5.74, 6) is 0.185. The van der Waals surface area contributed by atoms with Crippen LogP contribution in [0.15, 0.2) is 23.2 Å². The Hall–Kier alpha value is -1.84. The summed E-state index contributed by atoms with van der Waals surface area (Å²) in [6.07, 6.45) is 5.79. The van der Waals surface area contributed by atoms with Crippen LogP contribution >= 0.6 is 27.3 Å². The second kappa shape index (κ2) is 6.11. The molecule has 9 heteroatoms. The third-order valence-electron chi connectivity index (χ3n) is 2.97. The largest absolute Gasteiger partial charge is 0.330 e. The van der Waals surface area contributed by atoms with Crippen molar-refractivity contribution < 1.29 is 4.79 Å². The van der Waals surface area contributed by atoms with E-state index in [9.17, 15) is 4.79 Å². The molecule has 0 fully saturated rings. The van der Waals surface area contributed by atoms with Crippen LogP contribution in [0.4, 0.5) is 5.82 Å². The third kappa shape index (κ3) is 3.01. The summed E-state index contributed by atoms with van der Waals surface area (Å²) in [5, 5.41) is 3.63. The molecule has 0 unspecified atom stereocenters. The lowest BCUT2D eigenvalue weighted by molar-refractivity contribution is 0.102. The van der Waals surface area contributed by atoms with E-state index in [0.717, 1.165) is 9.88 Å². The molecule has 0 radical (unpaired) electrons. The van der Waals surface area contributed by atoms with Gasteiger partial charge in [-0.1, -0.05) is 0 Å². The molecular formula is C13H13BrN6OS. The van der Waals surface area contributed by atoms with Crippen LogP contribution in [-0.4, -0.2) is 31.8 Å². The molecule has 0 aliphatic carbocycles. The molecule has 0 aliphatic heterocycles. The van der Waals surface area contributed by atoms with E-state index in [-0.39, 0.29) is 5.91 Å². The number of carbonyl (C=O) groups is 1. The summed E-state index contributed by atoms with van der Waals surface area (Å²) in [5.41, 5.74) is 6.59. The lowest BCUT2D eigenvalue weighted by Gasteiger charge is -1.98. The molecule has 7 nitrogen and oxygen atoms in total. The number of nitrogens with two attached hydrogens (primary N) is 1. The summed E-state index contributed by atoms with van der Waals surface area (Å²) in [6.45, 7) is 2.39. The summed E-state index contributed by atoms with van der Waals surface area (Å²) < 4.78 is 2.47. The molecule has 0 spiro atoms. The van der Waals surface area contributed by atoms with Gasteiger partial charge in [-0.25, -0.2) is 15.0 Å². The van der Waals surface area contributed by atoms with E-state index in [1.807, 2.05) is 6.92 Å². The summed E-state index contributed by atoms with van der Waals surface area (Å²) >= 11 is 4.78. The highest BCUT2D eigenvalue weighted by Gasteiger charge is 2.16. The van der Waals surface area contributed by atoms with Gasteiger partial charge in [0.25, 0.3) is 5.91 Å². The van der Waals surface area contributed by atoms with E-state index in [4.69, 9.17) is 5.73 Å². The van der Waals surface area contributed by atoms with Crippen molar-refractivity contribution in [3.8, 4) is 0 Å². The van der Waals surface area contributed by atoms with E-state index in [1.165, 1.54) is 11.3 Å². The van der Waals surface area contributed by atoms with Crippen molar-refractivity contribution in [2.75, 3.05) is 11.9 Å². The van der Waals surface area contributed by atoms with Gasteiger partial charge in [0.15, 0.2) is 11.5 Å². The van der Waals surface area contributed by atoms with Crippen molar-refractivity contribution in [2.45, 2.75) is 13.3 Å². The van der Waals surface area contributed by atoms with Crippen LogP contribution < -0.4 is 11.1 Å². The monoisotopic (exact) mass is 380 g/mol. The summed E-state index contributed by atoms with van der Waals surface area (Å²) in [7, 11) is 0. The number of nitrogens with zero attached hydrogens (tertiary/aromatic N) is 4. The van der Waals surface area contributed by atoms with Crippen molar-refractivity contribution in [1.82, 2.24) is 19.4 Å². The fourth-order valence-electron chi connectivity index (χ4n) is 2.00. The maximum atomic E-state index is 12.3. The maximum absolute atomic E-state index is 12.3. The predicted octanol–water partition coefficient (Wildman–Crippen LogP) is 2.01. The van der Waals surface area contributed by atoms with Crippen LogP contribution in [0.5, 0.6) is 0 Å². The van der Waals surface area contributed by atoms with E-state index in [2.05, 4.69) is 36.2 Å². The number of aromatic nitrogens is 4. The summed E-state index contributed by atoms with van der Waals surface area (Å²) in [4.78, 5) is 25.9. The van der Waals surface area contributed by atoms with E-state index in [1.54, 1.807) is 23.0 Å². The molecule has 3 rings (SSSR count). The average Bonchev–Trinajstić information content (AvgIpc) is 3.01. The molecule has 0 bridgehead atoms. The third-order valence-corrected chi connectivity index (χ3v) is 4.41. The number of halogens is 1. The Morgan fingerprint density at radius 3 is 3.05 bits per heavy atom. The van der Waals surface area contributed by atoms with Gasteiger partial charge in [-0.3, -0.25) is 4.79 Å². The number of nitrogens with one attached hydrogen (secondary N) is 1. The van der Waals surface area contributed by atoms with Gasteiger partial charge in [0, 0.05) is 17.5 Å². The molecule has 3 N–H and O–H groups in total. The van der Waals surface area contributed by atoms with Crippen LogP contribution in [0.1, 0.15) is 20.4 Å². The minimum atomic E-state index is -0.271. The predicted molar refractivity (Wildman–Crippen MR) is 88.2 cm³/mol. The number of fused-ring (bicyclic) bond motifs is 1. The fraction of sp³-hybridized carbons (Fsp3) is 0.231. The normalized spacial score (nSPS) is 11.0. The highest BCUT2D eigenvalue weighted by molar-refractivity contribution is 9.10. The van der Waals surface area contributed by atoms with Crippen molar-refractivity contribution in [3.63, 3.8) is 0 Å². The molecule has 0 atom stereocenters. The Morgan fingerprint density at radius 1 is 1.45 bits per heavy atom. The van der Waals surface area contributed by atoms with E-state index >= 15 is 0 Å². The molecule has 3 heterocycles. The first kappa shape index (κ1) is 15.1. The topological polar surface area (TPSA) is 98.2 Å². The molecule has 3 aromatic heterocycles. The Bertz CT molecular complexity index is 842. The van der Waals surface area contributed by atoms with Crippen LogP contribution in [0.2, 0.25) is 0 Å². The molecule has 0 aromatic carbocycles. The van der Waals surface area contributed by atoms with E-state index < -0.39 is 0 Å². The minimum absolute atomic E-state index is 0.271. The number of carbonyl (C=O) groups excluding carboxylic acids is 1. The van der Waals surface area contributed by atoms with E-state index in [0.29, 0.717) is 34.7 Å². The van der Waals surface area contributed by atoms with Gasteiger partial charge in [-0.15, -0.1) is 11.3 Å². The Balaban J connectivity index is 1.83. The molecule has 1 amide bonds.